The van der Waals surface area contributed by atoms with Crippen molar-refractivity contribution in [2.75, 3.05) is 20.7 Å². The second-order valence-electron chi connectivity index (χ2n) is 4.08. The van der Waals surface area contributed by atoms with E-state index in [9.17, 15) is 16.8 Å². The highest BCUT2D eigenvalue weighted by molar-refractivity contribution is 7.90. The Bertz CT molecular complexity index is 638. The maximum atomic E-state index is 12.0. The molecule has 0 aromatic heterocycles. The first-order valence-electron chi connectivity index (χ1n) is 5.79. The Kier molecular flexibility index (Phi) is 5.66. The molecule has 1 unspecified atom stereocenters. The largest absolute Gasteiger partial charge is 0.380 e. The van der Waals surface area contributed by atoms with E-state index in [4.69, 9.17) is 4.74 Å². The fourth-order valence-electron chi connectivity index (χ4n) is 1.31. The van der Waals surface area contributed by atoms with Crippen molar-refractivity contribution >= 4 is 20.0 Å². The third kappa shape index (κ3) is 4.25. The molecule has 114 valence electrons. The Morgan fingerprint density at radius 3 is 1.90 bits per heavy atom. The molecule has 1 rings (SSSR count). The van der Waals surface area contributed by atoms with Gasteiger partial charge >= 0.3 is 0 Å². The zero-order chi connectivity index (χ0) is 15.4. The van der Waals surface area contributed by atoms with Crippen LogP contribution in [0.15, 0.2) is 34.1 Å². The molecular weight excluding hydrogens is 304 g/mol. The van der Waals surface area contributed by atoms with Crippen LogP contribution in [0.1, 0.15) is 6.92 Å². The number of ether oxygens (including phenoxy) is 1. The summed E-state index contributed by atoms with van der Waals surface area (Å²) in [5, 5.41) is 0. The van der Waals surface area contributed by atoms with Gasteiger partial charge in [0.2, 0.25) is 20.0 Å². The van der Waals surface area contributed by atoms with Gasteiger partial charge in [0.25, 0.3) is 0 Å². The van der Waals surface area contributed by atoms with Crippen molar-refractivity contribution in [1.29, 1.82) is 0 Å². The minimum atomic E-state index is -3.68. The summed E-state index contributed by atoms with van der Waals surface area (Å²) < 4.78 is 56.4. The zero-order valence-electron chi connectivity index (χ0n) is 11.5. The highest BCUT2D eigenvalue weighted by atomic mass is 32.2. The second-order valence-corrected chi connectivity index (χ2v) is 7.73. The SMILES string of the molecule is CNS(=O)(=O)c1ccc(S(=O)(=O)NCC(C)OC)cc1. The summed E-state index contributed by atoms with van der Waals surface area (Å²) >= 11 is 0. The Hall–Kier alpha value is -1.00. The van der Waals surface area contributed by atoms with E-state index < -0.39 is 20.0 Å². The standard InChI is InChI=1S/C11H18N2O5S2/c1-9(18-3)8-13-20(16,17)11-6-4-10(5-7-11)19(14,15)12-2/h4-7,9,12-13H,8H2,1-3H3. The predicted octanol–water partition coefficient (Wildman–Crippen LogP) is -0.0921. The van der Waals surface area contributed by atoms with Gasteiger partial charge in [0.15, 0.2) is 0 Å². The maximum Gasteiger partial charge on any atom is 0.240 e. The Balaban J connectivity index is 2.93. The van der Waals surface area contributed by atoms with Gasteiger partial charge in [-0.3, -0.25) is 0 Å². The van der Waals surface area contributed by atoms with E-state index in [2.05, 4.69) is 9.44 Å². The van der Waals surface area contributed by atoms with Crippen molar-refractivity contribution in [1.82, 2.24) is 9.44 Å². The van der Waals surface area contributed by atoms with Crippen molar-refractivity contribution < 1.29 is 21.6 Å². The molecule has 0 heterocycles. The van der Waals surface area contributed by atoms with Gasteiger partial charge in [-0.2, -0.15) is 0 Å². The van der Waals surface area contributed by atoms with Gasteiger partial charge in [0, 0.05) is 13.7 Å². The molecule has 0 radical (unpaired) electrons. The number of rotatable bonds is 7. The normalized spacial score (nSPS) is 14.2. The molecular formula is C11H18N2O5S2. The molecule has 20 heavy (non-hydrogen) atoms. The molecule has 1 aromatic carbocycles. The molecule has 0 fully saturated rings. The van der Waals surface area contributed by atoms with E-state index in [-0.39, 0.29) is 22.4 Å². The van der Waals surface area contributed by atoms with E-state index in [1.54, 1.807) is 6.92 Å². The highest BCUT2D eigenvalue weighted by Gasteiger charge is 2.17. The molecule has 0 saturated carbocycles. The van der Waals surface area contributed by atoms with E-state index in [0.29, 0.717) is 0 Å². The summed E-state index contributed by atoms with van der Waals surface area (Å²) in [7, 11) is -4.49. The Morgan fingerprint density at radius 2 is 1.50 bits per heavy atom. The number of benzene rings is 1. The van der Waals surface area contributed by atoms with Gasteiger partial charge in [-0.25, -0.2) is 26.3 Å². The van der Waals surface area contributed by atoms with Crippen molar-refractivity contribution in [3.05, 3.63) is 24.3 Å². The quantitative estimate of drug-likeness (QED) is 0.730. The maximum absolute atomic E-state index is 12.0. The fourth-order valence-corrected chi connectivity index (χ4v) is 3.15. The average Bonchev–Trinajstić information content (AvgIpc) is 2.45. The summed E-state index contributed by atoms with van der Waals surface area (Å²) in [4.78, 5) is 0.0000608. The molecule has 2 N–H and O–H groups in total. The predicted molar refractivity (Wildman–Crippen MR) is 74.3 cm³/mol. The number of methoxy groups -OCH3 is 1. The van der Waals surface area contributed by atoms with Gasteiger partial charge in [-0.1, -0.05) is 0 Å². The molecule has 0 aliphatic carbocycles. The molecule has 0 spiro atoms. The number of hydrogen-bond donors (Lipinski definition) is 2. The van der Waals surface area contributed by atoms with Crippen LogP contribution in [-0.2, 0) is 24.8 Å². The summed E-state index contributed by atoms with van der Waals surface area (Å²) in [5.74, 6) is 0. The lowest BCUT2D eigenvalue weighted by atomic mass is 10.4. The lowest BCUT2D eigenvalue weighted by molar-refractivity contribution is 0.122. The number of nitrogens with one attached hydrogen (secondary N) is 2. The van der Waals surface area contributed by atoms with Gasteiger partial charge in [-0.05, 0) is 38.2 Å². The third-order valence-corrected chi connectivity index (χ3v) is 5.55. The highest BCUT2D eigenvalue weighted by Crippen LogP contribution is 2.14. The van der Waals surface area contributed by atoms with Crippen LogP contribution in [0.2, 0.25) is 0 Å². The van der Waals surface area contributed by atoms with E-state index in [1.165, 1.54) is 38.4 Å². The van der Waals surface area contributed by atoms with Crippen LogP contribution in [0.5, 0.6) is 0 Å². The lowest BCUT2D eigenvalue weighted by Crippen LogP contribution is -2.31. The van der Waals surface area contributed by atoms with Crippen molar-refractivity contribution in [3.8, 4) is 0 Å². The topological polar surface area (TPSA) is 102 Å². The Morgan fingerprint density at radius 1 is 1.05 bits per heavy atom. The van der Waals surface area contributed by atoms with Crippen LogP contribution >= 0.6 is 0 Å². The molecule has 7 nitrogen and oxygen atoms in total. The minimum absolute atomic E-state index is 0.00384. The van der Waals surface area contributed by atoms with Crippen LogP contribution in [-0.4, -0.2) is 43.6 Å². The first kappa shape index (κ1) is 17.1. The Labute approximate surface area is 119 Å². The number of sulfonamides is 2. The number of hydrogen-bond acceptors (Lipinski definition) is 5. The molecule has 0 amide bonds. The van der Waals surface area contributed by atoms with Crippen molar-refractivity contribution in [2.45, 2.75) is 22.8 Å². The van der Waals surface area contributed by atoms with Crippen molar-refractivity contribution in [2.24, 2.45) is 0 Å². The second kappa shape index (κ2) is 6.64. The molecule has 1 atom stereocenters. The van der Waals surface area contributed by atoms with Crippen molar-refractivity contribution in [3.63, 3.8) is 0 Å². The van der Waals surface area contributed by atoms with Gasteiger partial charge in [-0.15, -0.1) is 0 Å². The monoisotopic (exact) mass is 322 g/mol. The van der Waals surface area contributed by atoms with Crippen LogP contribution in [0.25, 0.3) is 0 Å². The fraction of sp³-hybridized carbons (Fsp3) is 0.455. The molecule has 0 saturated heterocycles. The van der Waals surface area contributed by atoms with E-state index in [0.717, 1.165) is 0 Å². The van der Waals surface area contributed by atoms with Crippen LogP contribution in [0.4, 0.5) is 0 Å². The summed E-state index contributed by atoms with van der Waals surface area (Å²) in [5.41, 5.74) is 0. The summed E-state index contributed by atoms with van der Waals surface area (Å²) in [6.45, 7) is 1.86. The lowest BCUT2D eigenvalue weighted by Gasteiger charge is -2.11. The summed E-state index contributed by atoms with van der Waals surface area (Å²) in [6.07, 6.45) is -0.256. The van der Waals surface area contributed by atoms with Crippen LogP contribution in [0.3, 0.4) is 0 Å². The first-order valence-corrected chi connectivity index (χ1v) is 8.75. The minimum Gasteiger partial charge on any atom is -0.380 e. The molecule has 0 aliphatic heterocycles. The van der Waals surface area contributed by atoms with Gasteiger partial charge < -0.3 is 4.74 Å². The van der Waals surface area contributed by atoms with Gasteiger partial charge in [0.1, 0.15) is 0 Å². The molecule has 9 heteroatoms. The molecule has 1 aromatic rings. The third-order valence-electron chi connectivity index (χ3n) is 2.68. The van der Waals surface area contributed by atoms with E-state index >= 15 is 0 Å². The van der Waals surface area contributed by atoms with E-state index in [1.807, 2.05) is 0 Å². The zero-order valence-corrected chi connectivity index (χ0v) is 13.1. The van der Waals surface area contributed by atoms with Crippen LogP contribution < -0.4 is 9.44 Å². The first-order chi connectivity index (χ1) is 9.23. The average molecular weight is 322 g/mol. The summed E-state index contributed by atoms with van der Waals surface area (Å²) in [6, 6.07) is 4.95. The smallest absolute Gasteiger partial charge is 0.240 e. The molecule has 0 bridgehead atoms. The van der Waals surface area contributed by atoms with Crippen LogP contribution in [0, 0.1) is 0 Å². The molecule has 0 aliphatic rings. The van der Waals surface area contributed by atoms with Gasteiger partial charge in [0.05, 0.1) is 15.9 Å².